The number of nitrogens with one attached hydrogen (secondary N) is 1. The van der Waals surface area contributed by atoms with Crippen LogP contribution in [0.3, 0.4) is 0 Å². The fourth-order valence-electron chi connectivity index (χ4n) is 3.41. The molecule has 1 saturated heterocycles. The number of rotatable bonds is 2. The minimum absolute atomic E-state index is 0.0546. The summed E-state index contributed by atoms with van der Waals surface area (Å²) in [6.45, 7) is 10.8. The van der Waals surface area contributed by atoms with Crippen LogP contribution in [0.15, 0.2) is 0 Å². The Hall–Kier alpha value is -1.40. The monoisotopic (exact) mass is 346 g/mol. The molecule has 0 spiro atoms. The number of hydrogen-bond donors (Lipinski definition) is 1. The van der Waals surface area contributed by atoms with Crippen LogP contribution >= 0.6 is 0 Å². The number of amides is 2. The molecule has 24 heavy (non-hydrogen) atoms. The molecule has 0 aromatic carbocycles. The molecule has 0 aromatic rings. The molecule has 2 bridgehead atoms. The van der Waals surface area contributed by atoms with Gasteiger partial charge in [-0.1, -0.05) is 20.8 Å². The Morgan fingerprint density at radius 3 is 2.17 bits per heavy atom. The molecular weight excluding hydrogens is 318 g/mol. The van der Waals surface area contributed by atoms with E-state index in [0.29, 0.717) is 6.42 Å². The SMILES string of the molecule is CC(C)(C)OC(=O)N[C@H](C(=O)N1C[C@@H]2C[C@H]1CC2(F)F)C(C)(C)C. The topological polar surface area (TPSA) is 58.6 Å². The molecule has 5 nitrogen and oxygen atoms in total. The maximum absolute atomic E-state index is 13.7. The maximum atomic E-state index is 13.7. The van der Waals surface area contributed by atoms with Gasteiger partial charge in [-0.05, 0) is 32.6 Å². The van der Waals surface area contributed by atoms with Crippen LogP contribution in [0.2, 0.25) is 0 Å². The van der Waals surface area contributed by atoms with Gasteiger partial charge in [0.1, 0.15) is 11.6 Å². The van der Waals surface area contributed by atoms with E-state index in [-0.39, 0.29) is 18.9 Å². The second-order valence-electron chi connectivity index (χ2n) is 8.99. The van der Waals surface area contributed by atoms with Gasteiger partial charge < -0.3 is 15.0 Å². The average Bonchev–Trinajstić information content (AvgIpc) is 2.87. The van der Waals surface area contributed by atoms with Crippen LogP contribution in [-0.2, 0) is 9.53 Å². The molecule has 1 aliphatic heterocycles. The van der Waals surface area contributed by atoms with Crippen molar-refractivity contribution < 1.29 is 23.1 Å². The van der Waals surface area contributed by atoms with Gasteiger partial charge in [0.2, 0.25) is 5.91 Å². The van der Waals surface area contributed by atoms with Crippen LogP contribution in [-0.4, -0.2) is 47.1 Å². The van der Waals surface area contributed by atoms with Gasteiger partial charge in [-0.2, -0.15) is 0 Å². The fourth-order valence-corrected chi connectivity index (χ4v) is 3.41. The van der Waals surface area contributed by atoms with E-state index in [0.717, 1.165) is 0 Å². The minimum Gasteiger partial charge on any atom is -0.444 e. The number of alkyl carbamates (subject to hydrolysis) is 1. The van der Waals surface area contributed by atoms with Gasteiger partial charge in [0.15, 0.2) is 0 Å². The van der Waals surface area contributed by atoms with Gasteiger partial charge in [0.05, 0.1) is 0 Å². The number of likely N-dealkylation sites (tertiary alicyclic amines) is 1. The maximum Gasteiger partial charge on any atom is 0.408 e. The molecule has 138 valence electrons. The number of hydrogen-bond acceptors (Lipinski definition) is 3. The van der Waals surface area contributed by atoms with Crippen LogP contribution < -0.4 is 5.32 Å². The zero-order valence-corrected chi connectivity index (χ0v) is 15.3. The average molecular weight is 346 g/mol. The minimum atomic E-state index is -2.68. The lowest BCUT2D eigenvalue weighted by molar-refractivity contribution is -0.142. The van der Waals surface area contributed by atoms with E-state index >= 15 is 0 Å². The predicted molar refractivity (Wildman–Crippen MR) is 85.8 cm³/mol. The number of carbonyl (C=O) groups is 2. The molecule has 0 unspecified atom stereocenters. The lowest BCUT2D eigenvalue weighted by Gasteiger charge is -2.38. The van der Waals surface area contributed by atoms with Crippen LogP contribution in [0.5, 0.6) is 0 Å². The zero-order valence-electron chi connectivity index (χ0n) is 15.3. The molecule has 0 radical (unpaired) electrons. The van der Waals surface area contributed by atoms with Crippen molar-refractivity contribution in [3.8, 4) is 0 Å². The summed E-state index contributed by atoms with van der Waals surface area (Å²) in [5, 5.41) is 2.63. The highest BCUT2D eigenvalue weighted by Gasteiger charge is 2.58. The molecule has 2 rings (SSSR count). The highest BCUT2D eigenvalue weighted by molar-refractivity contribution is 5.87. The van der Waals surface area contributed by atoms with E-state index in [9.17, 15) is 18.4 Å². The molecule has 1 saturated carbocycles. The van der Waals surface area contributed by atoms with E-state index in [1.165, 1.54) is 4.90 Å². The first-order valence-electron chi connectivity index (χ1n) is 8.38. The largest absolute Gasteiger partial charge is 0.444 e. The molecule has 1 N–H and O–H groups in total. The summed E-state index contributed by atoms with van der Waals surface area (Å²) in [4.78, 5) is 26.5. The van der Waals surface area contributed by atoms with Crippen LogP contribution in [0, 0.1) is 11.3 Å². The van der Waals surface area contributed by atoms with E-state index in [1.807, 2.05) is 20.8 Å². The number of nitrogens with zero attached hydrogens (tertiary/aromatic N) is 1. The third-order valence-electron chi connectivity index (χ3n) is 4.58. The molecule has 3 atom stereocenters. The van der Waals surface area contributed by atoms with Gasteiger partial charge in [-0.25, -0.2) is 13.6 Å². The smallest absolute Gasteiger partial charge is 0.408 e. The number of ether oxygens (including phenoxy) is 1. The summed E-state index contributed by atoms with van der Waals surface area (Å²) in [5.41, 5.74) is -1.23. The first kappa shape index (κ1) is 18.9. The molecule has 1 heterocycles. The van der Waals surface area contributed by atoms with Crippen molar-refractivity contribution in [3.63, 3.8) is 0 Å². The van der Waals surface area contributed by atoms with E-state index in [2.05, 4.69) is 5.32 Å². The van der Waals surface area contributed by atoms with Crippen molar-refractivity contribution in [2.75, 3.05) is 6.54 Å². The molecule has 0 aromatic heterocycles. The Morgan fingerprint density at radius 1 is 1.21 bits per heavy atom. The number of carbonyl (C=O) groups excluding carboxylic acids is 2. The molecule has 2 amide bonds. The summed E-state index contributed by atoms with van der Waals surface area (Å²) in [6.07, 6.45) is -0.625. The summed E-state index contributed by atoms with van der Waals surface area (Å²) in [7, 11) is 0. The predicted octanol–water partition coefficient (Wildman–Crippen LogP) is 3.18. The third-order valence-corrected chi connectivity index (χ3v) is 4.58. The third kappa shape index (κ3) is 3.98. The highest BCUT2D eigenvalue weighted by Crippen LogP contribution is 2.48. The van der Waals surface area contributed by atoms with E-state index in [1.54, 1.807) is 20.8 Å². The van der Waals surface area contributed by atoms with E-state index in [4.69, 9.17) is 4.74 Å². The lowest BCUT2D eigenvalue weighted by Crippen LogP contribution is -2.57. The van der Waals surface area contributed by atoms with Crippen molar-refractivity contribution in [2.45, 2.75) is 78.0 Å². The second kappa shape index (κ2) is 5.85. The number of fused-ring (bicyclic) bond motifs is 2. The summed E-state index contributed by atoms with van der Waals surface area (Å²) < 4.78 is 32.6. The Labute approximate surface area is 142 Å². The van der Waals surface area contributed by atoms with Crippen molar-refractivity contribution >= 4 is 12.0 Å². The molecule has 7 heteroatoms. The Morgan fingerprint density at radius 2 is 1.79 bits per heavy atom. The molecular formula is C17H28F2N2O3. The molecule has 2 fully saturated rings. The molecule has 1 aliphatic carbocycles. The van der Waals surface area contributed by atoms with Gasteiger partial charge in [0, 0.05) is 24.9 Å². The van der Waals surface area contributed by atoms with Crippen LogP contribution in [0.25, 0.3) is 0 Å². The Balaban J connectivity index is 2.09. The van der Waals surface area contributed by atoms with Crippen molar-refractivity contribution in [3.05, 3.63) is 0 Å². The van der Waals surface area contributed by atoms with Gasteiger partial charge in [-0.3, -0.25) is 4.79 Å². The summed E-state index contributed by atoms with van der Waals surface area (Å²) in [6, 6.07) is -1.26. The lowest BCUT2D eigenvalue weighted by atomic mass is 9.85. The van der Waals surface area contributed by atoms with Crippen molar-refractivity contribution in [1.29, 1.82) is 0 Å². The quantitative estimate of drug-likeness (QED) is 0.835. The Kier molecular flexibility index (Phi) is 4.61. The van der Waals surface area contributed by atoms with Gasteiger partial charge in [0.25, 0.3) is 5.92 Å². The van der Waals surface area contributed by atoms with E-state index < -0.39 is 41.0 Å². The highest BCUT2D eigenvalue weighted by atomic mass is 19.3. The van der Waals surface area contributed by atoms with Crippen molar-refractivity contribution in [2.24, 2.45) is 11.3 Å². The summed E-state index contributed by atoms with van der Waals surface area (Å²) >= 11 is 0. The van der Waals surface area contributed by atoms with Crippen LogP contribution in [0.1, 0.15) is 54.4 Å². The van der Waals surface area contributed by atoms with Crippen molar-refractivity contribution in [1.82, 2.24) is 10.2 Å². The Bertz CT molecular complexity index is 523. The first-order chi connectivity index (χ1) is 10.7. The van der Waals surface area contributed by atoms with Gasteiger partial charge in [-0.15, -0.1) is 0 Å². The second-order valence-corrected chi connectivity index (χ2v) is 8.99. The summed E-state index contributed by atoms with van der Waals surface area (Å²) in [5.74, 6) is -3.76. The number of piperidine rings is 1. The van der Waals surface area contributed by atoms with Crippen LogP contribution in [0.4, 0.5) is 13.6 Å². The fraction of sp³-hybridized carbons (Fsp3) is 0.882. The zero-order chi connectivity index (χ0) is 18.5. The standard InChI is InChI=1S/C17H28F2N2O3/c1-15(2,3)12(20-14(23)24-16(4,5)6)13(22)21-9-10-7-11(21)8-17(10,18)19/h10-12H,7-9H2,1-6H3,(H,20,23)/t10-,11-,12+/m0/s1. The molecule has 2 aliphatic rings. The number of halogens is 2. The normalized spacial score (nSPS) is 27.1. The number of alkyl halides is 2. The van der Waals surface area contributed by atoms with Gasteiger partial charge >= 0.3 is 6.09 Å². The first-order valence-corrected chi connectivity index (χ1v) is 8.38.